The number of halogens is 2. The summed E-state index contributed by atoms with van der Waals surface area (Å²) in [5, 5.41) is 7.22. The molecule has 0 bridgehead atoms. The number of hydrogen-bond donors (Lipinski definition) is 2. The maximum absolute atomic E-state index is 13.4. The fourth-order valence-corrected chi connectivity index (χ4v) is 5.28. The molecule has 1 aliphatic carbocycles. The van der Waals surface area contributed by atoms with Gasteiger partial charge in [-0.2, -0.15) is 0 Å². The average Bonchev–Trinajstić information content (AvgIpc) is 3.44. The highest BCUT2D eigenvalue weighted by Crippen LogP contribution is 2.34. The second-order valence-electron chi connectivity index (χ2n) is 8.89. The Morgan fingerprint density at radius 3 is 2.53 bits per heavy atom. The molecular weight excluding hydrogens is 494 g/mol. The van der Waals surface area contributed by atoms with Gasteiger partial charge in [0.25, 0.3) is 0 Å². The first-order valence-corrected chi connectivity index (χ1v) is 11.2. The summed E-state index contributed by atoms with van der Waals surface area (Å²) in [5.74, 6) is 0.686. The van der Waals surface area contributed by atoms with Crippen LogP contribution in [0.5, 0.6) is 0 Å². The molecule has 2 heterocycles. The molecule has 7 heteroatoms. The summed E-state index contributed by atoms with van der Waals surface area (Å²) in [6.07, 6.45) is 8.54. The molecule has 0 amide bonds. The third-order valence-electron chi connectivity index (χ3n) is 7.13. The molecule has 0 radical (unpaired) electrons. The maximum Gasteiger partial charge on any atom is 0.191 e. The van der Waals surface area contributed by atoms with Crippen LogP contribution in [-0.2, 0) is 10.2 Å². The molecule has 0 spiro atoms. The summed E-state index contributed by atoms with van der Waals surface area (Å²) < 4.78 is 19.1. The summed E-state index contributed by atoms with van der Waals surface area (Å²) in [6, 6.07) is 8.23. The van der Waals surface area contributed by atoms with E-state index >= 15 is 0 Å². The van der Waals surface area contributed by atoms with Crippen molar-refractivity contribution in [3.05, 3.63) is 35.6 Å². The first-order chi connectivity index (χ1) is 14.2. The lowest BCUT2D eigenvalue weighted by molar-refractivity contribution is 0.0513. The van der Waals surface area contributed by atoms with Crippen LogP contribution < -0.4 is 10.6 Å². The Kier molecular flexibility index (Phi) is 8.77. The van der Waals surface area contributed by atoms with Crippen LogP contribution in [0.1, 0.15) is 50.5 Å². The average molecular weight is 530 g/mol. The molecule has 1 atom stereocenters. The molecule has 5 nitrogen and oxygen atoms in total. The third kappa shape index (κ3) is 5.65. The van der Waals surface area contributed by atoms with Crippen LogP contribution in [0.2, 0.25) is 0 Å². The van der Waals surface area contributed by atoms with Gasteiger partial charge in [-0.3, -0.25) is 9.89 Å². The third-order valence-corrected chi connectivity index (χ3v) is 7.13. The Hall–Kier alpha value is -0.930. The fraction of sp³-hybridized carbons (Fsp3) is 0.696. The molecular formula is C23H36FIN4O. The van der Waals surface area contributed by atoms with E-state index in [1.165, 1.54) is 44.2 Å². The lowest BCUT2D eigenvalue weighted by Gasteiger charge is -2.38. The van der Waals surface area contributed by atoms with Crippen molar-refractivity contribution in [2.75, 3.05) is 39.9 Å². The largest absolute Gasteiger partial charge is 0.381 e. The van der Waals surface area contributed by atoms with E-state index in [0.29, 0.717) is 6.04 Å². The first-order valence-electron chi connectivity index (χ1n) is 11.2. The number of nitrogens with zero attached hydrogens (tertiary/aromatic N) is 2. The van der Waals surface area contributed by atoms with Gasteiger partial charge in [0.1, 0.15) is 5.82 Å². The van der Waals surface area contributed by atoms with E-state index in [4.69, 9.17) is 4.74 Å². The fourth-order valence-electron chi connectivity index (χ4n) is 5.28. The SMILES string of the molecule is CN=C(NCC1(c2ccc(F)cc2)CCOCC1)NC1CCN(C2CCCC2)C1.I. The van der Waals surface area contributed by atoms with Crippen molar-refractivity contribution in [3.8, 4) is 0 Å². The molecule has 4 rings (SSSR count). The number of guanidine groups is 1. The highest BCUT2D eigenvalue weighted by molar-refractivity contribution is 14.0. The van der Waals surface area contributed by atoms with Gasteiger partial charge >= 0.3 is 0 Å². The number of likely N-dealkylation sites (tertiary alicyclic amines) is 1. The molecule has 1 aromatic carbocycles. The van der Waals surface area contributed by atoms with E-state index in [1.807, 2.05) is 19.2 Å². The summed E-state index contributed by atoms with van der Waals surface area (Å²) >= 11 is 0. The number of aliphatic imine (C=N–C) groups is 1. The molecule has 30 heavy (non-hydrogen) atoms. The number of hydrogen-bond acceptors (Lipinski definition) is 3. The molecule has 1 unspecified atom stereocenters. The predicted molar refractivity (Wildman–Crippen MR) is 130 cm³/mol. The van der Waals surface area contributed by atoms with Crippen LogP contribution >= 0.6 is 24.0 Å². The van der Waals surface area contributed by atoms with E-state index in [0.717, 1.165) is 51.1 Å². The summed E-state index contributed by atoms with van der Waals surface area (Å²) in [6.45, 7) is 4.56. The molecule has 2 aliphatic heterocycles. The molecule has 1 aromatic rings. The van der Waals surface area contributed by atoms with Gasteiger partial charge in [0.05, 0.1) is 0 Å². The Balaban J connectivity index is 0.00000256. The number of rotatable bonds is 5. The number of benzene rings is 1. The Morgan fingerprint density at radius 1 is 1.17 bits per heavy atom. The highest BCUT2D eigenvalue weighted by Gasteiger charge is 2.35. The van der Waals surface area contributed by atoms with Crippen molar-refractivity contribution < 1.29 is 9.13 Å². The highest BCUT2D eigenvalue weighted by atomic mass is 127. The van der Waals surface area contributed by atoms with Crippen molar-refractivity contribution in [3.63, 3.8) is 0 Å². The molecule has 1 saturated carbocycles. The van der Waals surface area contributed by atoms with E-state index in [1.54, 1.807) is 12.1 Å². The second kappa shape index (κ2) is 11.1. The first kappa shape index (κ1) is 23.7. The van der Waals surface area contributed by atoms with Gasteiger partial charge < -0.3 is 15.4 Å². The van der Waals surface area contributed by atoms with Gasteiger partial charge in [-0.05, 0) is 49.8 Å². The van der Waals surface area contributed by atoms with Crippen LogP contribution in [0.4, 0.5) is 4.39 Å². The van der Waals surface area contributed by atoms with Crippen LogP contribution in [0.15, 0.2) is 29.3 Å². The normalized spacial score (nSPS) is 25.1. The monoisotopic (exact) mass is 530 g/mol. The summed E-state index contributed by atoms with van der Waals surface area (Å²) in [7, 11) is 1.84. The summed E-state index contributed by atoms with van der Waals surface area (Å²) in [5.41, 5.74) is 1.13. The number of ether oxygens (including phenoxy) is 1. The number of nitrogens with one attached hydrogen (secondary N) is 2. The van der Waals surface area contributed by atoms with Crippen molar-refractivity contribution in [1.29, 1.82) is 0 Å². The quantitative estimate of drug-likeness (QED) is 0.347. The van der Waals surface area contributed by atoms with Crippen LogP contribution in [0, 0.1) is 5.82 Å². The smallest absolute Gasteiger partial charge is 0.191 e. The van der Waals surface area contributed by atoms with Gasteiger partial charge in [0.2, 0.25) is 0 Å². The predicted octanol–water partition coefficient (Wildman–Crippen LogP) is 3.67. The molecule has 0 aromatic heterocycles. The van der Waals surface area contributed by atoms with Crippen molar-refractivity contribution >= 4 is 29.9 Å². The van der Waals surface area contributed by atoms with Crippen LogP contribution in [0.25, 0.3) is 0 Å². The molecule has 3 aliphatic rings. The minimum atomic E-state index is -0.186. The molecule has 168 valence electrons. The van der Waals surface area contributed by atoms with Gasteiger partial charge in [0.15, 0.2) is 5.96 Å². The zero-order valence-electron chi connectivity index (χ0n) is 18.0. The standard InChI is InChI=1S/C23H35FN4O.HI/c1-25-22(27-20-10-13-28(16-20)21-4-2-3-5-21)26-17-23(11-14-29-15-12-23)18-6-8-19(24)9-7-18;/h6-9,20-21H,2-5,10-17H2,1H3,(H2,25,26,27);1H. The van der Waals surface area contributed by atoms with E-state index < -0.39 is 0 Å². The molecule has 3 fully saturated rings. The van der Waals surface area contributed by atoms with Crippen molar-refractivity contribution in [1.82, 2.24) is 15.5 Å². The maximum atomic E-state index is 13.4. The summed E-state index contributed by atoms with van der Waals surface area (Å²) in [4.78, 5) is 7.15. The Morgan fingerprint density at radius 2 is 1.87 bits per heavy atom. The Labute approximate surface area is 197 Å². The topological polar surface area (TPSA) is 48.9 Å². The zero-order chi connectivity index (χ0) is 20.1. The van der Waals surface area contributed by atoms with Gasteiger partial charge in [-0.25, -0.2) is 4.39 Å². The molecule has 2 saturated heterocycles. The van der Waals surface area contributed by atoms with Crippen molar-refractivity contribution in [2.24, 2.45) is 4.99 Å². The van der Waals surface area contributed by atoms with E-state index in [-0.39, 0.29) is 35.2 Å². The van der Waals surface area contributed by atoms with Gasteiger partial charge in [-0.15, -0.1) is 24.0 Å². The Bertz CT molecular complexity index is 687. The lowest BCUT2D eigenvalue weighted by atomic mass is 9.74. The van der Waals surface area contributed by atoms with Crippen LogP contribution in [0.3, 0.4) is 0 Å². The second-order valence-corrected chi connectivity index (χ2v) is 8.89. The van der Waals surface area contributed by atoms with E-state index in [9.17, 15) is 4.39 Å². The molecule has 2 N–H and O–H groups in total. The minimum absolute atomic E-state index is 0. The lowest BCUT2D eigenvalue weighted by Crippen LogP contribution is -2.50. The van der Waals surface area contributed by atoms with Crippen LogP contribution in [-0.4, -0.2) is 62.8 Å². The van der Waals surface area contributed by atoms with Gasteiger partial charge in [0, 0.05) is 57.4 Å². The van der Waals surface area contributed by atoms with Gasteiger partial charge in [-0.1, -0.05) is 25.0 Å². The van der Waals surface area contributed by atoms with Crippen molar-refractivity contribution in [2.45, 2.75) is 62.4 Å². The van der Waals surface area contributed by atoms with E-state index in [2.05, 4.69) is 20.5 Å². The zero-order valence-corrected chi connectivity index (χ0v) is 20.4. The minimum Gasteiger partial charge on any atom is -0.381 e.